The summed E-state index contributed by atoms with van der Waals surface area (Å²) in [6, 6.07) is 3.26. The van der Waals surface area contributed by atoms with Crippen molar-refractivity contribution in [3.63, 3.8) is 0 Å². The fourth-order valence-corrected chi connectivity index (χ4v) is 1.84. The first-order valence-electron chi connectivity index (χ1n) is 6.29. The number of imide groups is 1. The summed E-state index contributed by atoms with van der Waals surface area (Å²) in [6.45, 7) is 0.275. The second kappa shape index (κ2) is 6.14. The lowest BCUT2D eigenvalue weighted by molar-refractivity contribution is -0.135. The van der Waals surface area contributed by atoms with E-state index in [0.29, 0.717) is 13.0 Å². The zero-order valence-electron chi connectivity index (χ0n) is 11.2. The average molecular weight is 276 g/mol. The van der Waals surface area contributed by atoms with E-state index in [1.165, 1.54) is 4.90 Å². The van der Waals surface area contributed by atoms with E-state index < -0.39 is 6.03 Å². The normalized spacial score (nSPS) is 14.3. The number of rotatable bonds is 5. The van der Waals surface area contributed by atoms with Crippen LogP contribution in [0.5, 0.6) is 0 Å². The van der Waals surface area contributed by atoms with Crippen LogP contribution in [-0.4, -0.2) is 59.3 Å². The molecule has 1 aliphatic rings. The van der Waals surface area contributed by atoms with Gasteiger partial charge in [-0.15, -0.1) is 0 Å². The van der Waals surface area contributed by atoms with Gasteiger partial charge in [-0.2, -0.15) is 0 Å². The number of likely N-dealkylation sites (N-methyl/N-ethyl adjacent to an activating group) is 1. The molecule has 0 atom stereocenters. The second-order valence-corrected chi connectivity index (χ2v) is 4.56. The van der Waals surface area contributed by atoms with Crippen molar-refractivity contribution in [2.75, 3.05) is 26.7 Å². The van der Waals surface area contributed by atoms with Crippen molar-refractivity contribution in [2.24, 2.45) is 0 Å². The summed E-state index contributed by atoms with van der Waals surface area (Å²) in [5.41, 5.74) is 1.08. The Labute approximate surface area is 116 Å². The first kappa shape index (κ1) is 14.0. The second-order valence-electron chi connectivity index (χ2n) is 4.56. The van der Waals surface area contributed by atoms with E-state index in [4.69, 9.17) is 0 Å². The molecule has 0 spiro atoms. The predicted octanol–water partition coefficient (Wildman–Crippen LogP) is -0.366. The van der Waals surface area contributed by atoms with Crippen LogP contribution >= 0.6 is 0 Å². The van der Waals surface area contributed by atoms with Gasteiger partial charge in [-0.3, -0.25) is 19.5 Å². The number of amides is 4. The highest BCUT2D eigenvalue weighted by Crippen LogP contribution is 2.02. The standard InChI is InChI=1S/C13H16N4O3/c1-16(7-4-10-2-5-14-6-3-10)12(19)9-17-11(18)8-15-13(17)20/h2-3,5-6H,4,7-9H2,1H3,(H,15,20). The number of pyridine rings is 1. The van der Waals surface area contributed by atoms with E-state index in [-0.39, 0.29) is 24.9 Å². The summed E-state index contributed by atoms with van der Waals surface area (Å²) in [5.74, 6) is -0.629. The molecule has 4 amide bonds. The average Bonchev–Trinajstić information content (AvgIpc) is 2.77. The molecule has 20 heavy (non-hydrogen) atoms. The molecule has 0 unspecified atom stereocenters. The van der Waals surface area contributed by atoms with Crippen molar-refractivity contribution < 1.29 is 14.4 Å². The van der Waals surface area contributed by atoms with Crippen LogP contribution in [0.4, 0.5) is 4.79 Å². The van der Waals surface area contributed by atoms with E-state index >= 15 is 0 Å². The van der Waals surface area contributed by atoms with Crippen LogP contribution in [-0.2, 0) is 16.0 Å². The third-order valence-electron chi connectivity index (χ3n) is 3.14. The zero-order valence-corrected chi connectivity index (χ0v) is 11.2. The van der Waals surface area contributed by atoms with Crippen LogP contribution in [0.25, 0.3) is 0 Å². The van der Waals surface area contributed by atoms with E-state index in [1.807, 2.05) is 12.1 Å². The van der Waals surface area contributed by atoms with Crippen molar-refractivity contribution in [3.05, 3.63) is 30.1 Å². The molecule has 1 aliphatic heterocycles. The molecule has 106 valence electrons. The summed E-state index contributed by atoms with van der Waals surface area (Å²) in [4.78, 5) is 41.0. The maximum absolute atomic E-state index is 12.0. The minimum atomic E-state index is -0.508. The molecule has 0 saturated carbocycles. The molecule has 1 aromatic heterocycles. The molecule has 0 aromatic carbocycles. The van der Waals surface area contributed by atoms with Gasteiger partial charge in [0.2, 0.25) is 5.91 Å². The molecular weight excluding hydrogens is 260 g/mol. The first-order chi connectivity index (χ1) is 9.58. The lowest BCUT2D eigenvalue weighted by atomic mass is 10.2. The summed E-state index contributed by atoms with van der Waals surface area (Å²) < 4.78 is 0. The summed E-state index contributed by atoms with van der Waals surface area (Å²) >= 11 is 0. The summed E-state index contributed by atoms with van der Waals surface area (Å²) in [7, 11) is 1.65. The van der Waals surface area contributed by atoms with Gasteiger partial charge in [0.1, 0.15) is 6.54 Å². The number of nitrogens with one attached hydrogen (secondary N) is 1. The zero-order chi connectivity index (χ0) is 14.5. The summed E-state index contributed by atoms with van der Waals surface area (Å²) in [6.07, 6.45) is 4.10. The van der Waals surface area contributed by atoms with Crippen LogP contribution in [0.1, 0.15) is 5.56 Å². The largest absolute Gasteiger partial charge is 0.344 e. The number of nitrogens with zero attached hydrogens (tertiary/aromatic N) is 3. The molecule has 1 fully saturated rings. The molecule has 2 heterocycles. The van der Waals surface area contributed by atoms with E-state index in [1.54, 1.807) is 19.4 Å². The van der Waals surface area contributed by atoms with Gasteiger partial charge >= 0.3 is 6.03 Å². The van der Waals surface area contributed by atoms with Gasteiger partial charge in [-0.25, -0.2) is 4.79 Å². The topological polar surface area (TPSA) is 82.6 Å². The molecular formula is C13H16N4O3. The highest BCUT2D eigenvalue weighted by molar-refractivity contribution is 6.04. The third kappa shape index (κ3) is 3.31. The molecule has 1 N–H and O–H groups in total. The molecule has 0 radical (unpaired) electrons. The highest BCUT2D eigenvalue weighted by Gasteiger charge is 2.30. The van der Waals surface area contributed by atoms with Crippen molar-refractivity contribution >= 4 is 17.8 Å². The van der Waals surface area contributed by atoms with Crippen LogP contribution in [0.2, 0.25) is 0 Å². The lowest BCUT2D eigenvalue weighted by Crippen LogP contribution is -2.42. The minimum Gasteiger partial charge on any atom is -0.344 e. The molecule has 7 nitrogen and oxygen atoms in total. The molecule has 0 bridgehead atoms. The SMILES string of the molecule is CN(CCc1ccncc1)C(=O)CN1C(=O)CNC1=O. The minimum absolute atomic E-state index is 0.0349. The third-order valence-corrected chi connectivity index (χ3v) is 3.14. The smallest absolute Gasteiger partial charge is 0.325 e. The molecule has 0 aliphatic carbocycles. The Kier molecular flexibility index (Phi) is 4.29. The maximum Gasteiger partial charge on any atom is 0.325 e. The Hall–Kier alpha value is -2.44. The lowest BCUT2D eigenvalue weighted by Gasteiger charge is -2.20. The van der Waals surface area contributed by atoms with Gasteiger partial charge < -0.3 is 10.2 Å². The summed E-state index contributed by atoms with van der Waals surface area (Å²) in [5, 5.41) is 2.38. The fraction of sp³-hybridized carbons (Fsp3) is 0.385. The van der Waals surface area contributed by atoms with Gasteiger partial charge in [0, 0.05) is 26.0 Å². The van der Waals surface area contributed by atoms with Crippen molar-refractivity contribution in [3.8, 4) is 0 Å². The fourth-order valence-electron chi connectivity index (χ4n) is 1.84. The number of carbonyl (C=O) groups excluding carboxylic acids is 3. The van der Waals surface area contributed by atoms with Crippen molar-refractivity contribution in [2.45, 2.75) is 6.42 Å². The van der Waals surface area contributed by atoms with Crippen molar-refractivity contribution in [1.29, 1.82) is 0 Å². The Morgan fingerprint density at radius 2 is 2.10 bits per heavy atom. The van der Waals surface area contributed by atoms with Gasteiger partial charge in [-0.1, -0.05) is 0 Å². The van der Waals surface area contributed by atoms with E-state index in [2.05, 4.69) is 10.3 Å². The number of hydrogen-bond donors (Lipinski definition) is 1. The Morgan fingerprint density at radius 1 is 1.40 bits per heavy atom. The molecule has 2 rings (SSSR count). The van der Waals surface area contributed by atoms with E-state index in [9.17, 15) is 14.4 Å². The molecule has 1 saturated heterocycles. The highest BCUT2D eigenvalue weighted by atomic mass is 16.2. The number of urea groups is 1. The Morgan fingerprint density at radius 3 is 2.70 bits per heavy atom. The maximum atomic E-state index is 12.0. The number of aromatic nitrogens is 1. The molecule has 1 aromatic rings. The van der Waals surface area contributed by atoms with Gasteiger partial charge in [0.05, 0.1) is 6.54 Å². The van der Waals surface area contributed by atoms with Crippen LogP contribution in [0.15, 0.2) is 24.5 Å². The van der Waals surface area contributed by atoms with Crippen LogP contribution in [0, 0.1) is 0 Å². The molecule has 7 heteroatoms. The number of carbonyl (C=O) groups is 3. The van der Waals surface area contributed by atoms with E-state index in [0.717, 1.165) is 10.5 Å². The van der Waals surface area contributed by atoms with Crippen LogP contribution < -0.4 is 5.32 Å². The predicted molar refractivity (Wildman–Crippen MR) is 70.7 cm³/mol. The quantitative estimate of drug-likeness (QED) is 0.744. The Bertz CT molecular complexity index is 502. The Balaban J connectivity index is 1.83. The van der Waals surface area contributed by atoms with Crippen molar-refractivity contribution in [1.82, 2.24) is 20.1 Å². The number of hydrogen-bond acceptors (Lipinski definition) is 4. The van der Waals surface area contributed by atoms with Gasteiger partial charge in [-0.05, 0) is 24.1 Å². The first-order valence-corrected chi connectivity index (χ1v) is 6.29. The van der Waals surface area contributed by atoms with Gasteiger partial charge in [0.25, 0.3) is 5.91 Å². The van der Waals surface area contributed by atoms with Crippen LogP contribution in [0.3, 0.4) is 0 Å². The monoisotopic (exact) mass is 276 g/mol. The van der Waals surface area contributed by atoms with Gasteiger partial charge in [0.15, 0.2) is 0 Å².